The number of ether oxygens (including phenoxy) is 1. The average molecular weight is 329 g/mol. The van der Waals surface area contributed by atoms with Crippen LogP contribution in [-0.4, -0.2) is 17.9 Å². The fourth-order valence-corrected chi connectivity index (χ4v) is 3.46. The SMILES string of the molecule is COc1ccc2c(c1)C(=O)N(C(c1ccccc1)c1ccccc1)C2. The predicted molar refractivity (Wildman–Crippen MR) is 97.6 cm³/mol. The van der Waals surface area contributed by atoms with Crippen LogP contribution in [0, 0.1) is 0 Å². The minimum atomic E-state index is -0.103. The number of amides is 1. The molecule has 0 unspecified atom stereocenters. The molecule has 0 aliphatic carbocycles. The van der Waals surface area contributed by atoms with Gasteiger partial charge in [0.05, 0.1) is 13.2 Å². The Morgan fingerprint density at radius 2 is 1.48 bits per heavy atom. The first kappa shape index (κ1) is 15.5. The second-order valence-corrected chi connectivity index (χ2v) is 6.18. The Balaban J connectivity index is 1.78. The molecule has 4 rings (SSSR count). The zero-order valence-corrected chi connectivity index (χ0v) is 14.1. The number of carbonyl (C=O) groups is 1. The van der Waals surface area contributed by atoms with Gasteiger partial charge in [-0.1, -0.05) is 66.7 Å². The highest BCUT2D eigenvalue weighted by molar-refractivity contribution is 5.99. The van der Waals surface area contributed by atoms with Crippen LogP contribution < -0.4 is 4.74 Å². The van der Waals surface area contributed by atoms with Crippen molar-refractivity contribution in [3.05, 3.63) is 101 Å². The van der Waals surface area contributed by atoms with Gasteiger partial charge in [0.25, 0.3) is 5.91 Å². The molecule has 1 aliphatic rings. The molecule has 124 valence electrons. The molecule has 0 aromatic heterocycles. The van der Waals surface area contributed by atoms with Crippen molar-refractivity contribution in [1.82, 2.24) is 4.90 Å². The van der Waals surface area contributed by atoms with Crippen LogP contribution in [-0.2, 0) is 6.54 Å². The Hall–Kier alpha value is -3.07. The van der Waals surface area contributed by atoms with Gasteiger partial charge >= 0.3 is 0 Å². The maximum absolute atomic E-state index is 13.1. The van der Waals surface area contributed by atoms with Crippen molar-refractivity contribution in [2.45, 2.75) is 12.6 Å². The van der Waals surface area contributed by atoms with Gasteiger partial charge in [-0.25, -0.2) is 0 Å². The molecule has 0 spiro atoms. The molecular weight excluding hydrogens is 310 g/mol. The van der Waals surface area contributed by atoms with Gasteiger partial charge in [-0.3, -0.25) is 4.79 Å². The lowest BCUT2D eigenvalue weighted by atomic mass is 9.97. The van der Waals surface area contributed by atoms with Gasteiger partial charge in [0.15, 0.2) is 0 Å². The summed E-state index contributed by atoms with van der Waals surface area (Å²) in [6.45, 7) is 0.604. The molecule has 1 amide bonds. The van der Waals surface area contributed by atoms with E-state index in [9.17, 15) is 4.79 Å². The number of rotatable bonds is 4. The van der Waals surface area contributed by atoms with Gasteiger partial charge in [-0.05, 0) is 28.8 Å². The topological polar surface area (TPSA) is 29.5 Å². The van der Waals surface area contributed by atoms with Crippen LogP contribution in [0.5, 0.6) is 5.75 Å². The van der Waals surface area contributed by atoms with Gasteiger partial charge in [0.2, 0.25) is 0 Å². The summed E-state index contributed by atoms with van der Waals surface area (Å²) < 4.78 is 5.28. The van der Waals surface area contributed by atoms with E-state index in [2.05, 4.69) is 24.3 Å². The average Bonchev–Trinajstić information content (AvgIpc) is 3.00. The van der Waals surface area contributed by atoms with Crippen molar-refractivity contribution in [1.29, 1.82) is 0 Å². The summed E-state index contributed by atoms with van der Waals surface area (Å²) in [6, 6.07) is 26.0. The van der Waals surface area contributed by atoms with E-state index >= 15 is 0 Å². The third kappa shape index (κ3) is 2.78. The molecule has 3 nitrogen and oxygen atoms in total. The molecule has 0 N–H and O–H groups in total. The van der Waals surface area contributed by atoms with E-state index < -0.39 is 0 Å². The third-order valence-electron chi connectivity index (χ3n) is 4.69. The number of hydrogen-bond donors (Lipinski definition) is 0. The Labute approximate surface area is 147 Å². The summed E-state index contributed by atoms with van der Waals surface area (Å²) in [5.41, 5.74) is 4.00. The first-order valence-electron chi connectivity index (χ1n) is 8.35. The van der Waals surface area contributed by atoms with Gasteiger partial charge in [0, 0.05) is 12.1 Å². The number of benzene rings is 3. The number of hydrogen-bond acceptors (Lipinski definition) is 2. The van der Waals surface area contributed by atoms with Crippen molar-refractivity contribution >= 4 is 5.91 Å². The van der Waals surface area contributed by atoms with Crippen molar-refractivity contribution in [3.8, 4) is 5.75 Å². The third-order valence-corrected chi connectivity index (χ3v) is 4.69. The molecule has 3 aromatic carbocycles. The van der Waals surface area contributed by atoms with Crippen LogP contribution in [0.4, 0.5) is 0 Å². The van der Waals surface area contributed by atoms with E-state index in [1.165, 1.54) is 0 Å². The highest BCUT2D eigenvalue weighted by Crippen LogP contribution is 2.36. The van der Waals surface area contributed by atoms with Crippen LogP contribution >= 0.6 is 0 Å². The van der Waals surface area contributed by atoms with Crippen LogP contribution in [0.3, 0.4) is 0 Å². The van der Waals surface area contributed by atoms with Gasteiger partial charge < -0.3 is 9.64 Å². The zero-order chi connectivity index (χ0) is 17.2. The predicted octanol–water partition coefficient (Wildman–Crippen LogP) is 4.44. The van der Waals surface area contributed by atoms with Crippen LogP contribution in [0.1, 0.15) is 33.1 Å². The Morgan fingerprint density at radius 1 is 0.880 bits per heavy atom. The first-order chi connectivity index (χ1) is 12.3. The molecule has 1 aliphatic heterocycles. The van der Waals surface area contributed by atoms with Crippen molar-refractivity contribution in [3.63, 3.8) is 0 Å². The van der Waals surface area contributed by atoms with Gasteiger partial charge in [0.1, 0.15) is 5.75 Å². The molecular formula is C22H19NO2. The molecule has 1 heterocycles. The van der Waals surface area contributed by atoms with Gasteiger partial charge in [-0.15, -0.1) is 0 Å². The molecule has 3 aromatic rings. The smallest absolute Gasteiger partial charge is 0.255 e. The fraction of sp³-hybridized carbons (Fsp3) is 0.136. The van der Waals surface area contributed by atoms with E-state index in [0.717, 1.165) is 22.3 Å². The van der Waals surface area contributed by atoms with E-state index in [-0.39, 0.29) is 11.9 Å². The summed E-state index contributed by atoms with van der Waals surface area (Å²) in [7, 11) is 1.62. The zero-order valence-electron chi connectivity index (χ0n) is 14.1. The number of carbonyl (C=O) groups excluding carboxylic acids is 1. The molecule has 3 heteroatoms. The molecule has 0 saturated heterocycles. The first-order valence-corrected chi connectivity index (χ1v) is 8.35. The maximum Gasteiger partial charge on any atom is 0.255 e. The second kappa shape index (κ2) is 6.44. The molecule has 0 bridgehead atoms. The molecule has 25 heavy (non-hydrogen) atoms. The van der Waals surface area contributed by atoms with Crippen LogP contribution in [0.25, 0.3) is 0 Å². The highest BCUT2D eigenvalue weighted by Gasteiger charge is 2.34. The van der Waals surface area contributed by atoms with Crippen LogP contribution in [0.15, 0.2) is 78.9 Å². The molecule has 0 radical (unpaired) electrons. The van der Waals surface area contributed by atoms with Crippen molar-refractivity contribution in [2.24, 2.45) is 0 Å². The molecule has 0 atom stereocenters. The minimum Gasteiger partial charge on any atom is -0.497 e. The van der Waals surface area contributed by atoms with E-state index in [0.29, 0.717) is 12.3 Å². The Kier molecular flexibility index (Phi) is 3.98. The van der Waals surface area contributed by atoms with Crippen molar-refractivity contribution < 1.29 is 9.53 Å². The summed E-state index contributed by atoms with van der Waals surface area (Å²) in [5, 5.41) is 0. The van der Waals surface area contributed by atoms with E-state index in [4.69, 9.17) is 4.74 Å². The minimum absolute atomic E-state index is 0.0478. The summed E-state index contributed by atoms with van der Waals surface area (Å²) in [6.07, 6.45) is 0. The number of nitrogens with zero attached hydrogens (tertiary/aromatic N) is 1. The lowest BCUT2D eigenvalue weighted by Gasteiger charge is -2.28. The summed E-state index contributed by atoms with van der Waals surface area (Å²) in [4.78, 5) is 15.1. The number of methoxy groups -OCH3 is 1. The van der Waals surface area contributed by atoms with Crippen molar-refractivity contribution in [2.75, 3.05) is 7.11 Å². The number of fused-ring (bicyclic) bond motifs is 1. The Morgan fingerprint density at radius 3 is 2.04 bits per heavy atom. The van der Waals surface area contributed by atoms with Gasteiger partial charge in [-0.2, -0.15) is 0 Å². The summed E-state index contributed by atoms with van der Waals surface area (Å²) in [5.74, 6) is 0.761. The lowest BCUT2D eigenvalue weighted by Crippen LogP contribution is -2.30. The van der Waals surface area contributed by atoms with E-state index in [1.807, 2.05) is 59.5 Å². The highest BCUT2D eigenvalue weighted by atomic mass is 16.5. The standard InChI is InChI=1S/C22H19NO2/c1-25-19-13-12-18-15-23(22(24)20(18)14-19)21(16-8-4-2-5-9-16)17-10-6-3-7-11-17/h2-14,21H,15H2,1H3. The maximum atomic E-state index is 13.1. The molecule has 0 saturated carbocycles. The lowest BCUT2D eigenvalue weighted by molar-refractivity contribution is 0.0730. The quantitative estimate of drug-likeness (QED) is 0.708. The Bertz CT molecular complexity index is 851. The second-order valence-electron chi connectivity index (χ2n) is 6.18. The largest absolute Gasteiger partial charge is 0.497 e. The monoisotopic (exact) mass is 329 g/mol. The summed E-state index contributed by atoms with van der Waals surface area (Å²) >= 11 is 0. The van der Waals surface area contributed by atoms with E-state index in [1.54, 1.807) is 7.11 Å². The fourth-order valence-electron chi connectivity index (χ4n) is 3.46. The molecule has 0 fully saturated rings. The van der Waals surface area contributed by atoms with Crippen LogP contribution in [0.2, 0.25) is 0 Å². The normalized spacial score (nSPS) is 13.2.